The van der Waals surface area contributed by atoms with E-state index in [2.05, 4.69) is 0 Å². The van der Waals surface area contributed by atoms with E-state index in [1.807, 2.05) is 54.6 Å². The third-order valence-electron chi connectivity index (χ3n) is 7.61. The van der Waals surface area contributed by atoms with Crippen LogP contribution in [0.5, 0.6) is 5.75 Å². The molecule has 2 aromatic rings. The van der Waals surface area contributed by atoms with Gasteiger partial charge in [-0.2, -0.15) is 0 Å². The summed E-state index contributed by atoms with van der Waals surface area (Å²) >= 11 is 0. The van der Waals surface area contributed by atoms with E-state index in [-0.39, 0.29) is 0 Å². The summed E-state index contributed by atoms with van der Waals surface area (Å²) in [5.41, 5.74) is 2.42. The molecule has 7 rings (SSSR count). The maximum Gasteiger partial charge on any atom is 0.189 e. The first-order chi connectivity index (χ1) is 14.2. The fourth-order valence-electron chi connectivity index (χ4n) is 6.51. The molecule has 0 radical (unpaired) electrons. The van der Waals surface area contributed by atoms with E-state index in [1.165, 1.54) is 32.1 Å². The summed E-state index contributed by atoms with van der Waals surface area (Å²) in [6, 6.07) is 15.2. The zero-order chi connectivity index (χ0) is 19.4. The summed E-state index contributed by atoms with van der Waals surface area (Å²) in [5.74, 6) is 4.14. The normalized spacial score (nSPS) is 36.4. The van der Waals surface area contributed by atoms with Gasteiger partial charge < -0.3 is 14.7 Å². The fourth-order valence-corrected chi connectivity index (χ4v) is 6.51. The first-order valence-corrected chi connectivity index (χ1v) is 10.9. The Hall–Kier alpha value is -2.14. The number of hydrogen-bond donors (Lipinski definition) is 0. The fraction of sp³-hybridized carbons (Fsp3) is 0.440. The van der Waals surface area contributed by atoms with Crippen LogP contribution in [0.2, 0.25) is 0 Å². The molecule has 4 saturated carbocycles. The molecule has 4 nitrogen and oxygen atoms in total. The Morgan fingerprint density at radius 3 is 2.28 bits per heavy atom. The quantitative estimate of drug-likeness (QED) is 0.358. The number of nitrogens with zero attached hydrogens (tertiary/aromatic N) is 1. The van der Waals surface area contributed by atoms with Crippen LogP contribution in [0.25, 0.3) is 6.08 Å². The predicted molar refractivity (Wildman–Crippen MR) is 114 cm³/mol. The van der Waals surface area contributed by atoms with Gasteiger partial charge in [0.25, 0.3) is 0 Å². The van der Waals surface area contributed by atoms with Crippen LogP contribution in [0.15, 0.2) is 54.7 Å². The number of quaternary nitrogens is 1. The number of rotatable bonds is 5. The SMILES string of the molecule is [O-][N+]1(c2ccc(OCOC3C4CC5CC(C4)CC3C5)cc2)C=Cc2ccccc21. The average Bonchev–Trinajstić information content (AvgIpc) is 3.08. The van der Waals surface area contributed by atoms with Gasteiger partial charge in [0, 0.05) is 29.8 Å². The van der Waals surface area contributed by atoms with Gasteiger partial charge in [0.1, 0.15) is 23.3 Å². The molecule has 0 saturated heterocycles. The molecule has 1 aliphatic heterocycles. The molecule has 150 valence electrons. The minimum atomic E-state index is -0.555. The van der Waals surface area contributed by atoms with Crippen LogP contribution in [0.1, 0.15) is 37.7 Å². The molecule has 5 aliphatic rings. The van der Waals surface area contributed by atoms with Gasteiger partial charge in [-0.15, -0.1) is 0 Å². The number of ether oxygens (including phenoxy) is 2. The van der Waals surface area contributed by atoms with Crippen LogP contribution in [-0.4, -0.2) is 12.9 Å². The molecule has 4 bridgehead atoms. The van der Waals surface area contributed by atoms with E-state index in [0.29, 0.717) is 18.6 Å². The second-order valence-electron chi connectivity index (χ2n) is 9.35. The van der Waals surface area contributed by atoms with Crippen molar-refractivity contribution in [3.8, 4) is 5.75 Å². The summed E-state index contributed by atoms with van der Waals surface area (Å²) in [6.07, 6.45) is 10.8. The van der Waals surface area contributed by atoms with Crippen molar-refractivity contribution < 1.29 is 9.47 Å². The Balaban J connectivity index is 1.10. The number of benzene rings is 2. The van der Waals surface area contributed by atoms with Gasteiger partial charge in [0.15, 0.2) is 6.79 Å². The van der Waals surface area contributed by atoms with Crippen LogP contribution in [-0.2, 0) is 4.74 Å². The van der Waals surface area contributed by atoms with E-state index in [0.717, 1.165) is 40.7 Å². The number of hydrogen-bond acceptors (Lipinski definition) is 3. The van der Waals surface area contributed by atoms with Crippen LogP contribution in [0.3, 0.4) is 0 Å². The highest BCUT2D eigenvalue weighted by Crippen LogP contribution is 2.54. The Bertz CT molecular complexity index is 909. The van der Waals surface area contributed by atoms with Gasteiger partial charge in [-0.1, -0.05) is 12.1 Å². The van der Waals surface area contributed by atoms with Crippen LogP contribution in [0.4, 0.5) is 11.4 Å². The molecule has 4 aliphatic carbocycles. The standard InChI is InChI=1S/C25H27NO3/c27-26(10-9-19-3-1-2-4-24(19)26)22-5-7-23(8-6-22)28-16-29-25-20-12-17-11-18(14-20)15-21(25)13-17/h1-10,17-18,20-21,25H,11-16H2. The molecule has 29 heavy (non-hydrogen) atoms. The molecule has 1 unspecified atom stereocenters. The third-order valence-corrected chi connectivity index (χ3v) is 7.61. The Morgan fingerprint density at radius 2 is 1.55 bits per heavy atom. The summed E-state index contributed by atoms with van der Waals surface area (Å²) in [5, 5.41) is 13.4. The second kappa shape index (κ2) is 6.69. The first-order valence-electron chi connectivity index (χ1n) is 10.9. The third kappa shape index (κ3) is 2.93. The molecule has 4 heteroatoms. The lowest BCUT2D eigenvalue weighted by Crippen LogP contribution is -2.49. The molecule has 2 aromatic carbocycles. The highest BCUT2D eigenvalue weighted by atomic mass is 16.7. The molecular formula is C25H27NO3. The zero-order valence-corrected chi connectivity index (χ0v) is 16.6. The summed E-state index contributed by atoms with van der Waals surface area (Å²) in [7, 11) is 0. The maximum atomic E-state index is 13.4. The lowest BCUT2D eigenvalue weighted by Gasteiger charge is -2.53. The van der Waals surface area contributed by atoms with Gasteiger partial charge in [0.2, 0.25) is 0 Å². The summed E-state index contributed by atoms with van der Waals surface area (Å²) in [4.78, 5) is 0. The number of fused-ring (bicyclic) bond motifs is 1. The number of para-hydroxylation sites is 1. The zero-order valence-electron chi connectivity index (χ0n) is 16.6. The first kappa shape index (κ1) is 17.7. The second-order valence-corrected chi connectivity index (χ2v) is 9.35. The monoisotopic (exact) mass is 389 g/mol. The number of hydroxylamine groups is 1. The maximum absolute atomic E-state index is 13.4. The van der Waals surface area contributed by atoms with Crippen molar-refractivity contribution >= 4 is 17.5 Å². The topological polar surface area (TPSA) is 41.5 Å². The Labute approximate surface area is 171 Å². The van der Waals surface area contributed by atoms with Crippen LogP contribution in [0, 0.1) is 28.9 Å². The van der Waals surface area contributed by atoms with Crippen LogP contribution >= 0.6 is 0 Å². The molecule has 0 N–H and O–H groups in total. The largest absolute Gasteiger partial charge is 0.617 e. The lowest BCUT2D eigenvalue weighted by atomic mass is 9.55. The van der Waals surface area contributed by atoms with E-state index < -0.39 is 4.65 Å². The van der Waals surface area contributed by atoms with E-state index >= 15 is 0 Å². The smallest absolute Gasteiger partial charge is 0.189 e. The molecule has 0 spiro atoms. The lowest BCUT2D eigenvalue weighted by molar-refractivity contribution is -0.155. The van der Waals surface area contributed by atoms with Gasteiger partial charge in [-0.05, 0) is 74.0 Å². The molecule has 1 heterocycles. The Kier molecular flexibility index (Phi) is 4.09. The average molecular weight is 389 g/mol. The van der Waals surface area contributed by atoms with Crippen molar-refractivity contribution in [3.05, 3.63) is 65.5 Å². The van der Waals surface area contributed by atoms with Crippen LogP contribution < -0.4 is 9.38 Å². The van der Waals surface area contributed by atoms with E-state index in [9.17, 15) is 5.21 Å². The molecule has 1 atom stereocenters. The summed E-state index contributed by atoms with van der Waals surface area (Å²) < 4.78 is 11.5. The van der Waals surface area contributed by atoms with E-state index in [1.54, 1.807) is 6.20 Å². The van der Waals surface area contributed by atoms with E-state index in [4.69, 9.17) is 9.47 Å². The Morgan fingerprint density at radius 1 is 0.862 bits per heavy atom. The highest BCUT2D eigenvalue weighted by Gasteiger charge is 2.48. The van der Waals surface area contributed by atoms with Gasteiger partial charge in [-0.3, -0.25) is 4.65 Å². The van der Waals surface area contributed by atoms with Gasteiger partial charge >= 0.3 is 0 Å². The minimum Gasteiger partial charge on any atom is -0.617 e. The van der Waals surface area contributed by atoms with Crippen molar-refractivity contribution in [3.63, 3.8) is 0 Å². The molecular weight excluding hydrogens is 362 g/mol. The molecule has 0 aromatic heterocycles. The molecule has 0 amide bonds. The predicted octanol–water partition coefficient (Wildman–Crippen LogP) is 5.99. The highest BCUT2D eigenvalue weighted by molar-refractivity contribution is 5.79. The van der Waals surface area contributed by atoms with Gasteiger partial charge in [-0.25, -0.2) is 0 Å². The molecule has 4 fully saturated rings. The van der Waals surface area contributed by atoms with Crippen molar-refractivity contribution in [2.75, 3.05) is 6.79 Å². The van der Waals surface area contributed by atoms with Crippen molar-refractivity contribution in [2.24, 2.45) is 23.7 Å². The van der Waals surface area contributed by atoms with Crippen molar-refractivity contribution in [2.45, 2.75) is 38.2 Å². The van der Waals surface area contributed by atoms with Gasteiger partial charge in [0.05, 0.1) is 6.10 Å². The van der Waals surface area contributed by atoms with Crippen molar-refractivity contribution in [1.29, 1.82) is 0 Å². The van der Waals surface area contributed by atoms with Crippen molar-refractivity contribution in [1.82, 2.24) is 4.65 Å². The minimum absolute atomic E-state index is 0.298. The summed E-state index contributed by atoms with van der Waals surface area (Å²) in [6.45, 7) is 0.298.